The topological polar surface area (TPSA) is 60.2 Å². The molecule has 0 saturated carbocycles. The summed E-state index contributed by atoms with van der Waals surface area (Å²) >= 11 is 7.74. The number of carbonyl (C=O) groups excluding carboxylic acids is 1. The van der Waals surface area contributed by atoms with Crippen molar-refractivity contribution in [3.63, 3.8) is 0 Å². The zero-order chi connectivity index (χ0) is 18.8. The molecule has 0 aromatic carbocycles. The van der Waals surface area contributed by atoms with Gasteiger partial charge in [0.25, 0.3) is 5.91 Å². The average molecular weight is 403 g/mol. The van der Waals surface area contributed by atoms with Crippen molar-refractivity contribution in [2.24, 2.45) is 7.05 Å². The fraction of sp³-hybridized carbons (Fsp3) is 0.316. The maximum Gasteiger partial charge on any atom is 0.272 e. The van der Waals surface area contributed by atoms with Gasteiger partial charge in [-0.2, -0.15) is 5.10 Å². The van der Waals surface area contributed by atoms with Gasteiger partial charge in [0.2, 0.25) is 0 Å². The molecular weight excluding hydrogens is 384 g/mol. The van der Waals surface area contributed by atoms with Crippen LogP contribution in [0.1, 0.15) is 23.3 Å². The van der Waals surface area contributed by atoms with Gasteiger partial charge in [-0.1, -0.05) is 17.7 Å². The summed E-state index contributed by atoms with van der Waals surface area (Å²) in [5, 5.41) is 6.97. The number of ether oxygens (including phenoxy) is 1. The summed E-state index contributed by atoms with van der Waals surface area (Å²) in [6, 6.07) is 7.59. The Morgan fingerprint density at radius 3 is 3.07 bits per heavy atom. The predicted octanol–water partition coefficient (Wildman–Crippen LogP) is 3.88. The Morgan fingerprint density at radius 2 is 2.30 bits per heavy atom. The smallest absolute Gasteiger partial charge is 0.272 e. The van der Waals surface area contributed by atoms with Crippen LogP contribution < -0.4 is 4.74 Å². The van der Waals surface area contributed by atoms with Crippen molar-refractivity contribution in [3.05, 3.63) is 52.8 Å². The number of hydrogen-bond acceptors (Lipinski definition) is 5. The van der Waals surface area contributed by atoms with E-state index in [1.807, 2.05) is 28.5 Å². The Kier molecular flexibility index (Phi) is 5.13. The van der Waals surface area contributed by atoms with Crippen molar-refractivity contribution < 1.29 is 9.53 Å². The average Bonchev–Trinajstić information content (AvgIpc) is 3.33. The molecular formula is C19H19ClN4O2S. The number of rotatable bonds is 4. The van der Waals surface area contributed by atoms with Gasteiger partial charge >= 0.3 is 0 Å². The first-order chi connectivity index (χ1) is 13.1. The van der Waals surface area contributed by atoms with Crippen LogP contribution in [0.15, 0.2) is 42.0 Å². The summed E-state index contributed by atoms with van der Waals surface area (Å²) in [4.78, 5) is 19.9. The summed E-state index contributed by atoms with van der Waals surface area (Å²) in [7, 11) is 1.80. The number of amides is 1. The number of hydrogen-bond donors (Lipinski definition) is 0. The van der Waals surface area contributed by atoms with E-state index in [0.29, 0.717) is 29.6 Å². The van der Waals surface area contributed by atoms with Crippen LogP contribution >= 0.6 is 22.9 Å². The molecule has 1 aliphatic heterocycles. The van der Waals surface area contributed by atoms with Gasteiger partial charge in [0.1, 0.15) is 28.3 Å². The lowest BCUT2D eigenvalue weighted by atomic mass is 10.1. The highest BCUT2D eigenvalue weighted by Gasteiger charge is 2.28. The minimum Gasteiger partial charge on any atom is -0.487 e. The van der Waals surface area contributed by atoms with Gasteiger partial charge in [-0.3, -0.25) is 14.5 Å². The predicted molar refractivity (Wildman–Crippen MR) is 105 cm³/mol. The first kappa shape index (κ1) is 18.0. The van der Waals surface area contributed by atoms with Crippen LogP contribution in [0.5, 0.6) is 5.75 Å². The Balaban J connectivity index is 1.48. The zero-order valence-electron chi connectivity index (χ0n) is 14.8. The number of aryl methyl sites for hydroxylation is 1. The second kappa shape index (κ2) is 7.70. The van der Waals surface area contributed by atoms with Crippen LogP contribution in [-0.4, -0.2) is 44.8 Å². The normalized spacial score (nSPS) is 17.1. The van der Waals surface area contributed by atoms with Crippen LogP contribution in [0.25, 0.3) is 10.6 Å². The van der Waals surface area contributed by atoms with E-state index in [-0.39, 0.29) is 12.0 Å². The number of nitrogens with zero attached hydrogens (tertiary/aromatic N) is 4. The summed E-state index contributed by atoms with van der Waals surface area (Å²) in [6.45, 7) is 1.24. The summed E-state index contributed by atoms with van der Waals surface area (Å²) in [5.41, 5.74) is 1.41. The molecule has 6 nitrogen and oxygen atoms in total. The maximum absolute atomic E-state index is 13.0. The van der Waals surface area contributed by atoms with Gasteiger partial charge in [0.15, 0.2) is 0 Å². The molecule has 1 fully saturated rings. The van der Waals surface area contributed by atoms with Gasteiger partial charge in [-0.15, -0.1) is 11.3 Å². The van der Waals surface area contributed by atoms with Gasteiger partial charge in [0, 0.05) is 32.1 Å². The van der Waals surface area contributed by atoms with Crippen LogP contribution in [0.3, 0.4) is 0 Å². The van der Waals surface area contributed by atoms with E-state index in [1.165, 1.54) is 0 Å². The van der Waals surface area contributed by atoms with Crippen molar-refractivity contribution >= 4 is 28.8 Å². The Labute approximate surface area is 166 Å². The number of halogens is 1. The quantitative estimate of drug-likeness (QED) is 0.664. The largest absolute Gasteiger partial charge is 0.487 e. The molecule has 140 valence electrons. The van der Waals surface area contributed by atoms with E-state index < -0.39 is 0 Å². The molecule has 0 aliphatic carbocycles. The number of thiophene rings is 1. The minimum atomic E-state index is -0.0902. The standard InChI is InChI=1S/C19H19ClN4O2S/c1-23-16(10-15(22-23)18-5-3-9-27-18)19(25)24-8-2-4-13(12-24)26-17-6-7-21-11-14(17)20/h3,5-7,9-11,13H,2,4,8,12H2,1H3/t13-/m1/s1. The molecule has 0 radical (unpaired) electrons. The highest BCUT2D eigenvalue weighted by Crippen LogP contribution is 2.27. The lowest BCUT2D eigenvalue weighted by Crippen LogP contribution is -2.44. The summed E-state index contributed by atoms with van der Waals surface area (Å²) in [5.74, 6) is 0.577. The van der Waals surface area contributed by atoms with E-state index in [0.717, 1.165) is 23.4 Å². The van der Waals surface area contributed by atoms with Crippen molar-refractivity contribution in [2.45, 2.75) is 18.9 Å². The van der Waals surface area contributed by atoms with Crippen molar-refractivity contribution in [3.8, 4) is 16.3 Å². The summed E-state index contributed by atoms with van der Waals surface area (Å²) < 4.78 is 7.66. The lowest BCUT2D eigenvalue weighted by molar-refractivity contribution is 0.0528. The van der Waals surface area contributed by atoms with Crippen LogP contribution in [0, 0.1) is 0 Å². The molecule has 3 aromatic heterocycles. The van der Waals surface area contributed by atoms with Gasteiger partial charge in [0.05, 0.1) is 11.4 Å². The Hall–Kier alpha value is -2.38. The van der Waals surface area contributed by atoms with Crippen molar-refractivity contribution in [1.29, 1.82) is 0 Å². The van der Waals surface area contributed by atoms with Gasteiger partial charge in [-0.05, 0) is 30.4 Å². The van der Waals surface area contributed by atoms with E-state index in [1.54, 1.807) is 41.5 Å². The monoisotopic (exact) mass is 402 g/mol. The molecule has 4 heterocycles. The highest BCUT2D eigenvalue weighted by atomic mass is 35.5. The van der Waals surface area contributed by atoms with Crippen LogP contribution in [0.4, 0.5) is 0 Å². The molecule has 0 unspecified atom stereocenters. The Morgan fingerprint density at radius 1 is 1.41 bits per heavy atom. The molecule has 0 spiro atoms. The van der Waals surface area contributed by atoms with Crippen LogP contribution in [0.2, 0.25) is 5.02 Å². The first-order valence-electron chi connectivity index (χ1n) is 8.75. The van der Waals surface area contributed by atoms with E-state index in [4.69, 9.17) is 16.3 Å². The Bertz CT molecular complexity index is 941. The van der Waals surface area contributed by atoms with Crippen molar-refractivity contribution in [1.82, 2.24) is 19.7 Å². The highest BCUT2D eigenvalue weighted by molar-refractivity contribution is 7.13. The minimum absolute atomic E-state index is 0.0260. The molecule has 3 aromatic rings. The molecule has 1 aliphatic rings. The SMILES string of the molecule is Cn1nc(-c2cccs2)cc1C(=O)N1CCC[C@@H](Oc2ccncc2Cl)C1. The van der Waals surface area contributed by atoms with Gasteiger partial charge in [-0.25, -0.2) is 0 Å². The fourth-order valence-corrected chi connectivity index (χ4v) is 4.08. The number of aromatic nitrogens is 3. The molecule has 27 heavy (non-hydrogen) atoms. The molecule has 4 rings (SSSR count). The van der Waals surface area contributed by atoms with E-state index >= 15 is 0 Å². The molecule has 1 saturated heterocycles. The number of piperidine rings is 1. The molecule has 1 atom stereocenters. The molecule has 0 bridgehead atoms. The van der Waals surface area contributed by atoms with Crippen LogP contribution in [-0.2, 0) is 7.05 Å². The zero-order valence-corrected chi connectivity index (χ0v) is 16.4. The fourth-order valence-electron chi connectivity index (χ4n) is 3.23. The molecule has 8 heteroatoms. The molecule has 1 amide bonds. The third-order valence-corrected chi connectivity index (χ3v) is 5.74. The maximum atomic E-state index is 13.0. The number of likely N-dealkylation sites (tertiary alicyclic amines) is 1. The first-order valence-corrected chi connectivity index (χ1v) is 10.0. The van der Waals surface area contributed by atoms with E-state index in [9.17, 15) is 4.79 Å². The van der Waals surface area contributed by atoms with Crippen molar-refractivity contribution in [2.75, 3.05) is 13.1 Å². The third kappa shape index (κ3) is 3.84. The second-order valence-corrected chi connectivity index (χ2v) is 7.81. The second-order valence-electron chi connectivity index (χ2n) is 6.46. The lowest BCUT2D eigenvalue weighted by Gasteiger charge is -2.33. The number of carbonyl (C=O) groups is 1. The van der Waals surface area contributed by atoms with Gasteiger partial charge < -0.3 is 9.64 Å². The summed E-state index contributed by atoms with van der Waals surface area (Å²) in [6.07, 6.45) is 4.88. The van der Waals surface area contributed by atoms with E-state index in [2.05, 4.69) is 10.1 Å². The molecule has 0 N–H and O–H groups in total. The third-order valence-electron chi connectivity index (χ3n) is 4.57. The number of pyridine rings is 1.